The third-order valence-electron chi connectivity index (χ3n) is 7.53. The van der Waals surface area contributed by atoms with Crippen molar-refractivity contribution in [2.75, 3.05) is 12.0 Å². The number of ether oxygens (including phenoxy) is 1. The lowest BCUT2D eigenvalue weighted by Gasteiger charge is -2.40. The number of nitrogens with one attached hydrogen (secondary N) is 2. The van der Waals surface area contributed by atoms with Crippen molar-refractivity contribution < 1.29 is 23.1 Å². The van der Waals surface area contributed by atoms with Gasteiger partial charge in [0.2, 0.25) is 0 Å². The Kier molecular flexibility index (Phi) is 7.26. The van der Waals surface area contributed by atoms with Crippen LogP contribution in [-0.2, 0) is 6.54 Å². The van der Waals surface area contributed by atoms with Gasteiger partial charge in [-0.3, -0.25) is 9.59 Å². The number of carbonyl (C=O) groups excluding carboxylic acids is 2. The lowest BCUT2D eigenvalue weighted by Crippen LogP contribution is -2.50. The van der Waals surface area contributed by atoms with Crippen LogP contribution in [0.3, 0.4) is 0 Å². The van der Waals surface area contributed by atoms with Gasteiger partial charge in [0.15, 0.2) is 11.6 Å². The number of anilines is 1. The molecule has 2 fully saturated rings. The average molecular weight is 521 g/mol. The fourth-order valence-electron chi connectivity index (χ4n) is 5.62. The summed E-state index contributed by atoms with van der Waals surface area (Å²) in [5, 5.41) is 5.93. The van der Waals surface area contributed by atoms with E-state index in [2.05, 4.69) is 20.5 Å². The van der Waals surface area contributed by atoms with E-state index in [1.165, 1.54) is 12.3 Å². The Morgan fingerprint density at radius 2 is 1.79 bits per heavy atom. The van der Waals surface area contributed by atoms with Crippen LogP contribution in [0.25, 0.3) is 0 Å². The van der Waals surface area contributed by atoms with Crippen LogP contribution < -0.4 is 20.3 Å². The van der Waals surface area contributed by atoms with E-state index >= 15 is 0 Å². The lowest BCUT2D eigenvalue weighted by atomic mass is 9.96. The van der Waals surface area contributed by atoms with Gasteiger partial charge in [-0.15, -0.1) is 0 Å². The zero-order valence-corrected chi connectivity index (χ0v) is 21.3. The van der Waals surface area contributed by atoms with Gasteiger partial charge in [-0.2, -0.15) is 0 Å². The fraction of sp³-hybridized carbons (Fsp3) is 0.345. The Hall–Kier alpha value is -4.01. The molecule has 2 aliphatic rings. The summed E-state index contributed by atoms with van der Waals surface area (Å²) in [5.41, 5.74) is 2.31. The van der Waals surface area contributed by atoms with Crippen molar-refractivity contribution in [1.29, 1.82) is 0 Å². The Morgan fingerprint density at radius 1 is 1.03 bits per heavy atom. The van der Waals surface area contributed by atoms with Gasteiger partial charge in [-0.05, 0) is 74.6 Å². The van der Waals surface area contributed by atoms with Crippen LogP contribution in [0.4, 0.5) is 14.6 Å². The predicted molar refractivity (Wildman–Crippen MR) is 139 cm³/mol. The van der Waals surface area contributed by atoms with Crippen molar-refractivity contribution in [2.45, 2.75) is 57.3 Å². The molecular weight excluding hydrogens is 490 g/mol. The van der Waals surface area contributed by atoms with Crippen LogP contribution in [-0.4, -0.2) is 42.0 Å². The van der Waals surface area contributed by atoms with Crippen LogP contribution in [0.15, 0.2) is 54.7 Å². The number of aromatic nitrogens is 1. The molecule has 2 aliphatic heterocycles. The lowest BCUT2D eigenvalue weighted by molar-refractivity contribution is 0.0923. The molecule has 0 aliphatic carbocycles. The maximum atomic E-state index is 13.4. The van der Waals surface area contributed by atoms with Crippen molar-refractivity contribution in [1.82, 2.24) is 15.6 Å². The highest BCUT2D eigenvalue weighted by atomic mass is 19.2. The van der Waals surface area contributed by atoms with Gasteiger partial charge in [0.25, 0.3) is 11.8 Å². The van der Waals surface area contributed by atoms with Crippen LogP contribution in [0.5, 0.6) is 5.75 Å². The van der Waals surface area contributed by atoms with Crippen LogP contribution in [0, 0.1) is 18.6 Å². The van der Waals surface area contributed by atoms with E-state index in [0.29, 0.717) is 22.4 Å². The van der Waals surface area contributed by atoms with E-state index in [1.54, 1.807) is 13.2 Å². The summed E-state index contributed by atoms with van der Waals surface area (Å²) >= 11 is 0. The van der Waals surface area contributed by atoms with Crippen molar-refractivity contribution in [3.63, 3.8) is 0 Å². The number of piperidine rings is 1. The molecule has 2 aromatic carbocycles. The third-order valence-corrected chi connectivity index (χ3v) is 7.53. The number of rotatable bonds is 7. The summed E-state index contributed by atoms with van der Waals surface area (Å²) in [7, 11) is 1.60. The number of fused-ring (bicyclic) bond motifs is 2. The molecule has 9 heteroatoms. The van der Waals surface area contributed by atoms with Gasteiger partial charge in [0, 0.05) is 42.0 Å². The molecule has 3 aromatic rings. The van der Waals surface area contributed by atoms with Gasteiger partial charge >= 0.3 is 0 Å². The maximum Gasteiger partial charge on any atom is 0.253 e. The van der Waals surface area contributed by atoms with E-state index in [9.17, 15) is 18.4 Å². The van der Waals surface area contributed by atoms with Crippen LogP contribution in [0.2, 0.25) is 0 Å². The summed E-state index contributed by atoms with van der Waals surface area (Å²) in [6, 6.07) is 13.2. The molecule has 0 saturated carbocycles. The smallest absolute Gasteiger partial charge is 0.253 e. The summed E-state index contributed by atoms with van der Waals surface area (Å²) in [6.45, 7) is 1.97. The first-order valence-corrected chi connectivity index (χ1v) is 12.7. The summed E-state index contributed by atoms with van der Waals surface area (Å²) in [6.07, 6.45) is 5.22. The van der Waals surface area contributed by atoms with Gasteiger partial charge in [0.05, 0.1) is 12.7 Å². The second-order valence-electron chi connectivity index (χ2n) is 9.90. The summed E-state index contributed by atoms with van der Waals surface area (Å²) < 4.78 is 31.9. The van der Waals surface area contributed by atoms with E-state index in [0.717, 1.165) is 49.2 Å². The molecule has 1 unspecified atom stereocenters. The largest absolute Gasteiger partial charge is 0.496 e. The number of benzene rings is 2. The van der Waals surface area contributed by atoms with Gasteiger partial charge in [0.1, 0.15) is 11.6 Å². The Labute approximate surface area is 220 Å². The van der Waals surface area contributed by atoms with Gasteiger partial charge in [-0.1, -0.05) is 12.1 Å². The van der Waals surface area contributed by atoms with Crippen molar-refractivity contribution in [3.8, 4) is 5.75 Å². The number of amides is 2. The first-order valence-electron chi connectivity index (χ1n) is 12.7. The molecule has 5 rings (SSSR count). The predicted octanol–water partition coefficient (Wildman–Crippen LogP) is 4.54. The van der Waals surface area contributed by atoms with Gasteiger partial charge in [-0.25, -0.2) is 13.8 Å². The van der Waals surface area contributed by atoms with Crippen molar-refractivity contribution >= 4 is 17.6 Å². The van der Waals surface area contributed by atoms with Crippen molar-refractivity contribution in [2.24, 2.45) is 0 Å². The minimum atomic E-state index is -0.948. The fourth-order valence-corrected chi connectivity index (χ4v) is 5.62. The molecule has 3 atom stereocenters. The minimum Gasteiger partial charge on any atom is -0.496 e. The molecule has 2 bridgehead atoms. The topological polar surface area (TPSA) is 83.6 Å². The number of nitrogens with zero attached hydrogens (tertiary/aromatic N) is 2. The number of hydrogen-bond acceptors (Lipinski definition) is 5. The number of carbonyl (C=O) groups is 2. The van der Waals surface area contributed by atoms with E-state index in [1.807, 2.05) is 31.2 Å². The molecule has 3 heterocycles. The van der Waals surface area contributed by atoms with E-state index in [-0.39, 0.29) is 36.5 Å². The quantitative estimate of drug-likeness (QED) is 0.478. The first-order chi connectivity index (χ1) is 18.3. The van der Waals surface area contributed by atoms with Crippen molar-refractivity contribution in [3.05, 3.63) is 88.6 Å². The average Bonchev–Trinajstić information content (AvgIpc) is 3.19. The summed E-state index contributed by atoms with van der Waals surface area (Å²) in [4.78, 5) is 32.4. The number of pyridine rings is 1. The molecular formula is C29H30F2N4O3. The second kappa shape index (κ2) is 10.8. The number of methoxy groups -OCH3 is 1. The molecule has 2 amide bonds. The monoisotopic (exact) mass is 520 g/mol. The Balaban J connectivity index is 1.19. The number of halogens is 2. The molecule has 2 N–H and O–H groups in total. The van der Waals surface area contributed by atoms with Gasteiger partial charge < -0.3 is 20.3 Å². The summed E-state index contributed by atoms with van der Waals surface area (Å²) in [5.74, 6) is -0.798. The zero-order valence-electron chi connectivity index (χ0n) is 21.3. The van der Waals surface area contributed by atoms with Crippen LogP contribution in [0.1, 0.15) is 57.5 Å². The Morgan fingerprint density at radius 3 is 2.45 bits per heavy atom. The standard InChI is InChI=1S/C29H30F2N4O3/c1-17-23(4-3-5-26(17)38-2)29(37)34-20-13-21-8-9-22(14-20)35(21)27-11-7-19(16-32-27)28(36)33-15-18-6-10-24(30)25(31)12-18/h3-7,10-12,16,20-22H,8-9,13-15H2,1-2H3,(H,33,36)(H,34,37)/t20?,21-,22+. The second-order valence-corrected chi connectivity index (χ2v) is 9.90. The molecule has 38 heavy (non-hydrogen) atoms. The Bertz CT molecular complexity index is 1330. The van der Waals surface area contributed by atoms with E-state index in [4.69, 9.17) is 4.74 Å². The SMILES string of the molecule is COc1cccc(C(=O)NC2C[C@H]3CC[C@@H](C2)N3c2ccc(C(=O)NCc3ccc(F)c(F)c3)cn2)c1C. The number of hydrogen-bond donors (Lipinski definition) is 2. The maximum absolute atomic E-state index is 13.4. The highest BCUT2D eigenvalue weighted by molar-refractivity contribution is 5.96. The molecule has 0 spiro atoms. The molecule has 198 valence electrons. The molecule has 0 radical (unpaired) electrons. The van der Waals surface area contributed by atoms with E-state index < -0.39 is 11.6 Å². The molecule has 2 saturated heterocycles. The van der Waals surface area contributed by atoms with Crippen LogP contribution >= 0.6 is 0 Å². The zero-order chi connectivity index (χ0) is 26.8. The highest BCUT2D eigenvalue weighted by Gasteiger charge is 2.42. The first kappa shape index (κ1) is 25.6. The normalized spacial score (nSPS) is 20.2. The molecule has 1 aromatic heterocycles. The highest BCUT2D eigenvalue weighted by Crippen LogP contribution is 2.38. The minimum absolute atomic E-state index is 0.0724. The molecule has 7 nitrogen and oxygen atoms in total. The third kappa shape index (κ3) is 5.18.